The lowest BCUT2D eigenvalue weighted by Gasteiger charge is -2.32. The van der Waals surface area contributed by atoms with Gasteiger partial charge in [-0.1, -0.05) is 12.1 Å². The number of aryl methyl sites for hydroxylation is 1. The fourth-order valence-electron chi connectivity index (χ4n) is 2.97. The summed E-state index contributed by atoms with van der Waals surface area (Å²) in [5.74, 6) is 0.538. The number of carbonyl (C=O) groups is 1. The van der Waals surface area contributed by atoms with Gasteiger partial charge in [0.05, 0.1) is 12.6 Å². The van der Waals surface area contributed by atoms with E-state index in [9.17, 15) is 9.18 Å². The molecule has 0 radical (unpaired) electrons. The van der Waals surface area contributed by atoms with Crippen molar-refractivity contribution in [1.29, 1.82) is 0 Å². The van der Waals surface area contributed by atoms with Crippen LogP contribution in [-0.2, 0) is 20.7 Å². The smallest absolute Gasteiger partial charge is 0.220 e. The molecule has 0 bridgehead atoms. The lowest BCUT2D eigenvalue weighted by Crippen LogP contribution is -2.50. The first-order valence-corrected chi connectivity index (χ1v) is 8.94. The van der Waals surface area contributed by atoms with Gasteiger partial charge in [-0.05, 0) is 55.7 Å². The van der Waals surface area contributed by atoms with E-state index in [0.717, 1.165) is 31.4 Å². The normalized spacial score (nSPS) is 23.9. The van der Waals surface area contributed by atoms with Crippen LogP contribution < -0.4 is 5.32 Å². The molecule has 2 aliphatic rings. The first kappa shape index (κ1) is 17.4. The number of ether oxygens (including phenoxy) is 2. The highest BCUT2D eigenvalue weighted by atomic mass is 19.1. The third-order valence-corrected chi connectivity index (χ3v) is 4.68. The van der Waals surface area contributed by atoms with Crippen LogP contribution >= 0.6 is 0 Å². The standard InChI is InChI=1S/C19H26FNO3/c20-16-8-6-14(7-9-16)2-1-3-19(22)21-17-10-11-23-13-18(17)24-12-15-4-5-15/h6-9,15,17-18H,1-5,10-13H2,(H,21,22)/t17-,18-/m1/s1. The highest BCUT2D eigenvalue weighted by Gasteiger charge is 2.30. The highest BCUT2D eigenvalue weighted by Crippen LogP contribution is 2.29. The van der Waals surface area contributed by atoms with Crippen molar-refractivity contribution in [2.75, 3.05) is 19.8 Å². The molecule has 132 valence electrons. The van der Waals surface area contributed by atoms with E-state index < -0.39 is 0 Å². The van der Waals surface area contributed by atoms with E-state index in [0.29, 0.717) is 25.6 Å². The van der Waals surface area contributed by atoms with Crippen LogP contribution in [0, 0.1) is 11.7 Å². The minimum Gasteiger partial charge on any atom is -0.379 e. The Morgan fingerprint density at radius 3 is 2.79 bits per heavy atom. The maximum atomic E-state index is 12.9. The maximum Gasteiger partial charge on any atom is 0.220 e. The Morgan fingerprint density at radius 1 is 1.25 bits per heavy atom. The lowest BCUT2D eigenvalue weighted by molar-refractivity contribution is -0.126. The molecule has 5 heteroatoms. The van der Waals surface area contributed by atoms with Crippen LogP contribution in [0.2, 0.25) is 0 Å². The van der Waals surface area contributed by atoms with E-state index in [4.69, 9.17) is 9.47 Å². The Morgan fingerprint density at radius 2 is 2.04 bits per heavy atom. The van der Waals surface area contributed by atoms with Crippen molar-refractivity contribution in [1.82, 2.24) is 5.32 Å². The van der Waals surface area contributed by atoms with E-state index in [1.54, 1.807) is 12.1 Å². The molecule has 1 aliphatic heterocycles. The van der Waals surface area contributed by atoms with Gasteiger partial charge in [0.15, 0.2) is 0 Å². The molecule has 1 aliphatic carbocycles. The summed E-state index contributed by atoms with van der Waals surface area (Å²) >= 11 is 0. The molecule has 3 rings (SSSR count). The van der Waals surface area contributed by atoms with Crippen molar-refractivity contribution in [3.05, 3.63) is 35.6 Å². The van der Waals surface area contributed by atoms with Gasteiger partial charge in [-0.15, -0.1) is 0 Å². The zero-order valence-corrected chi connectivity index (χ0v) is 14.0. The summed E-state index contributed by atoms with van der Waals surface area (Å²) in [5.41, 5.74) is 1.06. The van der Waals surface area contributed by atoms with Gasteiger partial charge in [0.25, 0.3) is 0 Å². The van der Waals surface area contributed by atoms with Gasteiger partial charge >= 0.3 is 0 Å². The summed E-state index contributed by atoms with van der Waals surface area (Å²) in [6.45, 7) is 2.02. The van der Waals surface area contributed by atoms with Crippen molar-refractivity contribution in [2.24, 2.45) is 5.92 Å². The molecule has 4 nitrogen and oxygen atoms in total. The quantitative estimate of drug-likeness (QED) is 0.795. The average Bonchev–Trinajstić information content (AvgIpc) is 3.40. The Kier molecular flexibility index (Phi) is 6.21. The number of rotatable bonds is 8. The van der Waals surface area contributed by atoms with Crippen LogP contribution in [0.25, 0.3) is 0 Å². The summed E-state index contributed by atoms with van der Waals surface area (Å²) in [7, 11) is 0. The van der Waals surface area contributed by atoms with E-state index in [1.807, 2.05) is 0 Å². The van der Waals surface area contributed by atoms with Crippen molar-refractivity contribution in [3.63, 3.8) is 0 Å². The summed E-state index contributed by atoms with van der Waals surface area (Å²) < 4.78 is 24.3. The predicted molar refractivity (Wildman–Crippen MR) is 89.2 cm³/mol. The van der Waals surface area contributed by atoms with Gasteiger partial charge < -0.3 is 14.8 Å². The number of benzene rings is 1. The monoisotopic (exact) mass is 335 g/mol. The maximum absolute atomic E-state index is 12.9. The SMILES string of the molecule is O=C(CCCc1ccc(F)cc1)N[C@@H]1CCOC[C@H]1OCC1CC1. The molecule has 0 spiro atoms. The highest BCUT2D eigenvalue weighted by molar-refractivity contribution is 5.76. The predicted octanol–water partition coefficient (Wildman–Crippen LogP) is 2.85. The van der Waals surface area contributed by atoms with E-state index >= 15 is 0 Å². The van der Waals surface area contributed by atoms with Crippen molar-refractivity contribution in [2.45, 2.75) is 50.7 Å². The van der Waals surface area contributed by atoms with Crippen LogP contribution in [-0.4, -0.2) is 37.9 Å². The van der Waals surface area contributed by atoms with Gasteiger partial charge in [-0.3, -0.25) is 4.79 Å². The number of halogens is 1. The second-order valence-electron chi connectivity index (χ2n) is 6.83. The van der Waals surface area contributed by atoms with Gasteiger partial charge in [0.2, 0.25) is 5.91 Å². The molecule has 0 unspecified atom stereocenters. The fourth-order valence-corrected chi connectivity index (χ4v) is 2.97. The van der Waals surface area contributed by atoms with Crippen molar-refractivity contribution < 1.29 is 18.7 Å². The first-order chi connectivity index (χ1) is 11.7. The average molecular weight is 335 g/mol. The van der Waals surface area contributed by atoms with Crippen molar-refractivity contribution in [3.8, 4) is 0 Å². The minimum absolute atomic E-state index is 0.0274. The number of hydrogen-bond acceptors (Lipinski definition) is 3. The second kappa shape index (κ2) is 8.58. The molecule has 1 aromatic rings. The van der Waals surface area contributed by atoms with Crippen LogP contribution in [0.5, 0.6) is 0 Å². The number of nitrogens with one attached hydrogen (secondary N) is 1. The number of carbonyl (C=O) groups excluding carboxylic acids is 1. The topological polar surface area (TPSA) is 47.6 Å². The van der Waals surface area contributed by atoms with Gasteiger partial charge in [-0.25, -0.2) is 4.39 Å². The van der Waals surface area contributed by atoms with Gasteiger partial charge in [0.1, 0.15) is 11.9 Å². The molecule has 1 amide bonds. The molecule has 1 N–H and O–H groups in total. The molecule has 2 atom stereocenters. The summed E-state index contributed by atoms with van der Waals surface area (Å²) in [5, 5.41) is 3.10. The molecule has 0 aromatic heterocycles. The Balaban J connectivity index is 1.38. The molecule has 1 saturated carbocycles. The third kappa shape index (κ3) is 5.56. The molecular formula is C19H26FNO3. The largest absolute Gasteiger partial charge is 0.379 e. The van der Waals surface area contributed by atoms with Gasteiger partial charge in [0, 0.05) is 19.6 Å². The number of amides is 1. The van der Waals surface area contributed by atoms with E-state index in [-0.39, 0.29) is 23.9 Å². The van der Waals surface area contributed by atoms with E-state index in [2.05, 4.69) is 5.32 Å². The zero-order chi connectivity index (χ0) is 16.8. The van der Waals surface area contributed by atoms with Crippen LogP contribution in [0.15, 0.2) is 24.3 Å². The molecule has 24 heavy (non-hydrogen) atoms. The molecular weight excluding hydrogens is 309 g/mol. The van der Waals surface area contributed by atoms with E-state index in [1.165, 1.54) is 25.0 Å². The second-order valence-corrected chi connectivity index (χ2v) is 6.83. The van der Waals surface area contributed by atoms with Crippen LogP contribution in [0.1, 0.15) is 37.7 Å². The number of hydrogen-bond donors (Lipinski definition) is 1. The first-order valence-electron chi connectivity index (χ1n) is 8.94. The fraction of sp³-hybridized carbons (Fsp3) is 0.632. The lowest BCUT2D eigenvalue weighted by atomic mass is 10.0. The summed E-state index contributed by atoms with van der Waals surface area (Å²) in [6.07, 6.45) is 5.31. The molecule has 1 heterocycles. The summed E-state index contributed by atoms with van der Waals surface area (Å²) in [6, 6.07) is 6.51. The van der Waals surface area contributed by atoms with Crippen LogP contribution in [0.4, 0.5) is 4.39 Å². The molecule has 2 fully saturated rings. The van der Waals surface area contributed by atoms with Gasteiger partial charge in [-0.2, -0.15) is 0 Å². The summed E-state index contributed by atoms with van der Waals surface area (Å²) in [4.78, 5) is 12.2. The molecule has 1 aromatic carbocycles. The van der Waals surface area contributed by atoms with Crippen LogP contribution in [0.3, 0.4) is 0 Å². The zero-order valence-electron chi connectivity index (χ0n) is 14.0. The minimum atomic E-state index is -0.228. The van der Waals surface area contributed by atoms with Crippen molar-refractivity contribution >= 4 is 5.91 Å². The Labute approximate surface area is 142 Å². The molecule has 1 saturated heterocycles. The Hall–Kier alpha value is -1.46. The Bertz CT molecular complexity index is 530. The third-order valence-electron chi connectivity index (χ3n) is 4.68.